The van der Waals surface area contributed by atoms with E-state index in [9.17, 15) is 0 Å². The number of allylic oxidation sites excluding steroid dienone is 1. The average molecular weight is 519 g/mol. The molecule has 0 unspecified atom stereocenters. The molecule has 0 nitrogen and oxygen atoms in total. The molecule has 0 fully saturated rings. The fourth-order valence-electron chi connectivity index (χ4n) is 7.24. The Morgan fingerprint density at radius 1 is 0.341 bits per heavy atom. The summed E-state index contributed by atoms with van der Waals surface area (Å²) in [5, 5.41) is 13.1. The maximum Gasteiger partial charge on any atom is -0.000683 e. The topological polar surface area (TPSA) is 0 Å². The highest BCUT2D eigenvalue weighted by Gasteiger charge is 2.25. The second-order valence-electron chi connectivity index (χ2n) is 11.3. The normalized spacial score (nSPS) is 13.2. The van der Waals surface area contributed by atoms with Crippen LogP contribution in [0.25, 0.3) is 65.0 Å². The molecule has 0 spiro atoms. The molecule has 0 amide bonds. The van der Waals surface area contributed by atoms with Gasteiger partial charge in [-0.1, -0.05) is 133 Å². The van der Waals surface area contributed by atoms with Gasteiger partial charge in [0.2, 0.25) is 0 Å². The molecule has 1 aliphatic rings. The zero-order valence-electron chi connectivity index (χ0n) is 22.6. The van der Waals surface area contributed by atoms with Crippen molar-refractivity contribution in [3.05, 3.63) is 168 Å². The lowest BCUT2D eigenvalue weighted by atomic mass is 9.76. The van der Waals surface area contributed by atoms with Gasteiger partial charge in [-0.05, 0) is 106 Å². The van der Waals surface area contributed by atoms with Gasteiger partial charge in [-0.3, -0.25) is 0 Å². The molecule has 0 saturated carbocycles. The lowest BCUT2D eigenvalue weighted by Crippen LogP contribution is -2.06. The Hall–Kier alpha value is -5.20. The Kier molecular flexibility index (Phi) is 4.77. The Balaban J connectivity index is 1.44. The van der Waals surface area contributed by atoms with Crippen molar-refractivity contribution in [2.75, 3.05) is 0 Å². The van der Waals surface area contributed by atoms with E-state index in [1.54, 1.807) is 0 Å². The Morgan fingerprint density at radius 2 is 0.976 bits per heavy atom. The molecule has 0 atom stereocenters. The van der Waals surface area contributed by atoms with Gasteiger partial charge < -0.3 is 0 Å². The van der Waals surface area contributed by atoms with Crippen LogP contribution in [0.4, 0.5) is 0 Å². The fourth-order valence-corrected chi connectivity index (χ4v) is 7.24. The minimum absolute atomic E-state index is 0.902. The third kappa shape index (κ3) is 3.34. The van der Waals surface area contributed by atoms with E-state index in [0.717, 1.165) is 6.42 Å². The summed E-state index contributed by atoms with van der Waals surface area (Å²) in [6.45, 7) is 0. The molecule has 0 heteroatoms. The maximum atomic E-state index is 2.39. The van der Waals surface area contributed by atoms with Crippen molar-refractivity contribution in [1.82, 2.24) is 0 Å². The van der Waals surface area contributed by atoms with Crippen LogP contribution in [-0.4, -0.2) is 0 Å². The molecule has 0 radical (unpaired) electrons. The van der Waals surface area contributed by atoms with Crippen LogP contribution in [0.1, 0.15) is 22.3 Å². The van der Waals surface area contributed by atoms with Crippen LogP contribution in [0.5, 0.6) is 0 Å². The predicted molar refractivity (Wildman–Crippen MR) is 176 cm³/mol. The van der Waals surface area contributed by atoms with E-state index in [1.165, 1.54) is 87.3 Å². The molecule has 0 saturated heterocycles. The van der Waals surface area contributed by atoms with Gasteiger partial charge >= 0.3 is 0 Å². The van der Waals surface area contributed by atoms with Crippen molar-refractivity contribution < 1.29 is 0 Å². The van der Waals surface area contributed by atoms with E-state index in [4.69, 9.17) is 0 Å². The molecule has 9 rings (SSSR count). The SMILES string of the molecule is c1ccc2cc3c(C4=C(c5cccc6c5ccc5ccccc56)Cc5cccc6cccc4c56)cccc3cc2c1. The molecule has 0 bridgehead atoms. The number of rotatable bonds is 2. The van der Waals surface area contributed by atoms with Crippen molar-refractivity contribution in [1.29, 1.82) is 0 Å². The van der Waals surface area contributed by atoms with Crippen molar-refractivity contribution in [2.45, 2.75) is 6.42 Å². The Bertz CT molecular complexity index is 2380. The zero-order chi connectivity index (χ0) is 26.9. The summed E-state index contributed by atoms with van der Waals surface area (Å²) in [6, 6.07) is 54.1. The smallest absolute Gasteiger partial charge is 0.000683 e. The first-order chi connectivity index (χ1) is 20.3. The summed E-state index contributed by atoms with van der Waals surface area (Å²) in [6.07, 6.45) is 0.902. The van der Waals surface area contributed by atoms with E-state index in [1.807, 2.05) is 0 Å². The van der Waals surface area contributed by atoms with Gasteiger partial charge in [-0.15, -0.1) is 0 Å². The number of benzene rings is 8. The monoisotopic (exact) mass is 518 g/mol. The van der Waals surface area contributed by atoms with Gasteiger partial charge in [-0.2, -0.15) is 0 Å². The van der Waals surface area contributed by atoms with Gasteiger partial charge in [-0.25, -0.2) is 0 Å². The van der Waals surface area contributed by atoms with Crippen LogP contribution in [0.3, 0.4) is 0 Å². The quantitative estimate of drug-likeness (QED) is 0.158. The molecule has 190 valence electrons. The second-order valence-corrected chi connectivity index (χ2v) is 11.3. The Labute approximate surface area is 238 Å². The molecular formula is C41H26. The number of hydrogen-bond acceptors (Lipinski definition) is 0. The fraction of sp³-hybridized carbons (Fsp3) is 0.0244. The highest BCUT2D eigenvalue weighted by Crippen LogP contribution is 2.47. The van der Waals surface area contributed by atoms with Crippen molar-refractivity contribution in [3.8, 4) is 0 Å². The van der Waals surface area contributed by atoms with Crippen molar-refractivity contribution in [2.24, 2.45) is 0 Å². The first-order valence-electron chi connectivity index (χ1n) is 14.4. The van der Waals surface area contributed by atoms with Gasteiger partial charge in [0.1, 0.15) is 0 Å². The molecule has 0 aromatic heterocycles. The van der Waals surface area contributed by atoms with Crippen LogP contribution in [-0.2, 0) is 6.42 Å². The highest BCUT2D eigenvalue weighted by atomic mass is 14.3. The average Bonchev–Trinajstić information content (AvgIpc) is 3.03. The minimum Gasteiger partial charge on any atom is -0.0616 e. The summed E-state index contributed by atoms with van der Waals surface area (Å²) in [5.74, 6) is 0. The first-order valence-corrected chi connectivity index (χ1v) is 14.4. The van der Waals surface area contributed by atoms with Crippen LogP contribution >= 0.6 is 0 Å². The lowest BCUT2D eigenvalue weighted by molar-refractivity contribution is 1.29. The minimum atomic E-state index is 0.902. The second kappa shape index (κ2) is 8.65. The number of fused-ring (bicyclic) bond motifs is 5. The molecule has 8 aromatic rings. The largest absolute Gasteiger partial charge is 0.0616 e. The Morgan fingerprint density at radius 3 is 1.85 bits per heavy atom. The van der Waals surface area contributed by atoms with Crippen LogP contribution in [0.15, 0.2) is 146 Å². The van der Waals surface area contributed by atoms with E-state index < -0.39 is 0 Å². The molecular weight excluding hydrogens is 492 g/mol. The summed E-state index contributed by atoms with van der Waals surface area (Å²) in [4.78, 5) is 0. The lowest BCUT2D eigenvalue weighted by Gasteiger charge is -2.27. The van der Waals surface area contributed by atoms with Gasteiger partial charge in [0, 0.05) is 0 Å². The summed E-state index contributed by atoms with van der Waals surface area (Å²) < 4.78 is 0. The zero-order valence-corrected chi connectivity index (χ0v) is 22.6. The molecule has 0 N–H and O–H groups in total. The number of hydrogen-bond donors (Lipinski definition) is 0. The van der Waals surface area contributed by atoms with Crippen molar-refractivity contribution in [3.63, 3.8) is 0 Å². The third-order valence-corrected chi connectivity index (χ3v) is 9.06. The molecule has 0 aliphatic heterocycles. The summed E-state index contributed by atoms with van der Waals surface area (Å²) in [7, 11) is 0. The molecule has 41 heavy (non-hydrogen) atoms. The maximum absolute atomic E-state index is 2.39. The van der Waals surface area contributed by atoms with E-state index in [0.29, 0.717) is 0 Å². The highest BCUT2D eigenvalue weighted by molar-refractivity contribution is 6.19. The summed E-state index contributed by atoms with van der Waals surface area (Å²) in [5.41, 5.74) is 8.13. The van der Waals surface area contributed by atoms with Crippen LogP contribution in [0, 0.1) is 0 Å². The molecule has 1 aliphatic carbocycles. The van der Waals surface area contributed by atoms with E-state index >= 15 is 0 Å². The standard InChI is InChI=1S/C41H26/c1-2-11-29-24-38-30(23-28(29)10-1)14-7-19-36(38)41-37-20-6-13-27-12-5-15-31(40(27)37)25-39(41)34-18-8-17-33-32-16-4-3-9-26(32)21-22-35(33)34/h1-24H,25H2. The molecule has 0 heterocycles. The molecule has 8 aromatic carbocycles. The predicted octanol–water partition coefficient (Wildman–Crippen LogP) is 11.0. The van der Waals surface area contributed by atoms with Crippen molar-refractivity contribution >= 4 is 65.0 Å². The summed E-state index contributed by atoms with van der Waals surface area (Å²) >= 11 is 0. The van der Waals surface area contributed by atoms with E-state index in [2.05, 4.69) is 146 Å². The van der Waals surface area contributed by atoms with Gasteiger partial charge in [0.15, 0.2) is 0 Å². The third-order valence-electron chi connectivity index (χ3n) is 9.06. The first kappa shape index (κ1) is 22.6. The van der Waals surface area contributed by atoms with Crippen LogP contribution in [0.2, 0.25) is 0 Å². The van der Waals surface area contributed by atoms with Crippen LogP contribution < -0.4 is 0 Å². The van der Waals surface area contributed by atoms with Gasteiger partial charge in [0.25, 0.3) is 0 Å². The van der Waals surface area contributed by atoms with Gasteiger partial charge in [0.05, 0.1) is 0 Å². The van der Waals surface area contributed by atoms with E-state index in [-0.39, 0.29) is 0 Å².